The van der Waals surface area contributed by atoms with E-state index in [1.807, 2.05) is 30.3 Å². The maximum atomic E-state index is 8.57. The summed E-state index contributed by atoms with van der Waals surface area (Å²) >= 11 is 1.51. The summed E-state index contributed by atoms with van der Waals surface area (Å²) < 4.78 is 0. The third-order valence-corrected chi connectivity index (χ3v) is 2.45. The number of hydrogen-bond acceptors (Lipinski definition) is 3. The fraction of sp³-hybridized carbons (Fsp3) is 0.333. The third-order valence-electron chi connectivity index (χ3n) is 1.38. The van der Waals surface area contributed by atoms with Gasteiger partial charge < -0.3 is 10.2 Å². The van der Waals surface area contributed by atoms with Gasteiger partial charge in [0.15, 0.2) is 6.29 Å². The van der Waals surface area contributed by atoms with Gasteiger partial charge in [0.1, 0.15) is 0 Å². The van der Waals surface area contributed by atoms with Crippen molar-refractivity contribution in [3.05, 3.63) is 35.9 Å². The van der Waals surface area contributed by atoms with E-state index in [2.05, 4.69) is 0 Å². The molecule has 0 fully saturated rings. The van der Waals surface area contributed by atoms with Crippen LogP contribution in [0.15, 0.2) is 30.3 Å². The average molecular weight is 184 g/mol. The predicted molar refractivity (Wildman–Crippen MR) is 50.8 cm³/mol. The quantitative estimate of drug-likeness (QED) is 0.691. The van der Waals surface area contributed by atoms with Crippen molar-refractivity contribution in [2.75, 3.05) is 5.75 Å². The van der Waals surface area contributed by atoms with Crippen LogP contribution in [-0.4, -0.2) is 22.3 Å². The molecule has 1 aromatic carbocycles. The van der Waals surface area contributed by atoms with E-state index in [0.717, 1.165) is 5.75 Å². The monoisotopic (exact) mass is 184 g/mol. The first kappa shape index (κ1) is 9.58. The van der Waals surface area contributed by atoms with E-state index in [1.54, 1.807) is 0 Å². The first-order valence-electron chi connectivity index (χ1n) is 3.77. The number of thioether (sulfide) groups is 1. The van der Waals surface area contributed by atoms with E-state index in [0.29, 0.717) is 5.75 Å². The number of aliphatic hydroxyl groups excluding tert-OH is 1. The predicted octanol–water partition coefficient (Wildman–Crippen LogP) is 1.23. The third kappa shape index (κ3) is 3.76. The van der Waals surface area contributed by atoms with Crippen molar-refractivity contribution in [2.24, 2.45) is 0 Å². The largest absolute Gasteiger partial charge is 0.367 e. The van der Waals surface area contributed by atoms with Crippen LogP contribution in [0.5, 0.6) is 0 Å². The van der Waals surface area contributed by atoms with Crippen molar-refractivity contribution < 1.29 is 10.2 Å². The van der Waals surface area contributed by atoms with E-state index in [-0.39, 0.29) is 0 Å². The van der Waals surface area contributed by atoms with Gasteiger partial charge in [0, 0.05) is 11.5 Å². The van der Waals surface area contributed by atoms with Crippen molar-refractivity contribution >= 4 is 11.8 Å². The van der Waals surface area contributed by atoms with Gasteiger partial charge in [-0.1, -0.05) is 30.3 Å². The second-order valence-electron chi connectivity index (χ2n) is 2.48. The first-order chi connectivity index (χ1) is 5.79. The Labute approximate surface area is 76.2 Å². The molecule has 2 nitrogen and oxygen atoms in total. The second-order valence-corrected chi connectivity index (χ2v) is 3.51. The lowest BCUT2D eigenvalue weighted by molar-refractivity contribution is -0.0186. The van der Waals surface area contributed by atoms with Crippen molar-refractivity contribution in [2.45, 2.75) is 12.0 Å². The first-order valence-corrected chi connectivity index (χ1v) is 4.92. The van der Waals surface area contributed by atoms with Gasteiger partial charge >= 0.3 is 0 Å². The van der Waals surface area contributed by atoms with Crippen LogP contribution in [0.4, 0.5) is 0 Å². The SMILES string of the molecule is OC(O)CSCc1ccccc1. The van der Waals surface area contributed by atoms with E-state index < -0.39 is 6.29 Å². The second kappa shape index (κ2) is 5.19. The molecule has 0 atom stereocenters. The topological polar surface area (TPSA) is 40.5 Å². The van der Waals surface area contributed by atoms with Crippen molar-refractivity contribution in [1.29, 1.82) is 0 Å². The van der Waals surface area contributed by atoms with Crippen LogP contribution in [0.2, 0.25) is 0 Å². The molecule has 0 unspecified atom stereocenters. The highest BCUT2D eigenvalue weighted by atomic mass is 32.2. The summed E-state index contributed by atoms with van der Waals surface area (Å²) in [5.74, 6) is 1.20. The number of benzene rings is 1. The van der Waals surface area contributed by atoms with Gasteiger partial charge in [-0.05, 0) is 5.56 Å². The van der Waals surface area contributed by atoms with Gasteiger partial charge in [-0.15, -0.1) is 0 Å². The Balaban J connectivity index is 2.25. The molecule has 0 saturated heterocycles. The van der Waals surface area contributed by atoms with Gasteiger partial charge in [-0.3, -0.25) is 0 Å². The Kier molecular flexibility index (Phi) is 4.14. The van der Waals surface area contributed by atoms with E-state index in [9.17, 15) is 0 Å². The summed E-state index contributed by atoms with van der Waals surface area (Å²) in [5, 5.41) is 17.1. The summed E-state index contributed by atoms with van der Waals surface area (Å²) in [6, 6.07) is 9.97. The maximum absolute atomic E-state index is 8.57. The zero-order valence-corrected chi connectivity index (χ0v) is 7.50. The molecule has 3 heteroatoms. The van der Waals surface area contributed by atoms with Crippen LogP contribution in [0.25, 0.3) is 0 Å². The zero-order chi connectivity index (χ0) is 8.81. The molecule has 0 aliphatic rings. The minimum Gasteiger partial charge on any atom is -0.367 e. The van der Waals surface area contributed by atoms with E-state index >= 15 is 0 Å². The maximum Gasteiger partial charge on any atom is 0.160 e. The lowest BCUT2D eigenvalue weighted by atomic mass is 10.2. The normalized spacial score (nSPS) is 10.6. The molecular formula is C9H12O2S. The molecule has 0 radical (unpaired) electrons. The highest BCUT2D eigenvalue weighted by Crippen LogP contribution is 2.11. The number of hydrogen-bond donors (Lipinski definition) is 2. The molecule has 0 saturated carbocycles. The Bertz CT molecular complexity index is 211. The summed E-state index contributed by atoms with van der Waals surface area (Å²) in [6.45, 7) is 0. The van der Waals surface area contributed by atoms with E-state index in [4.69, 9.17) is 10.2 Å². The molecule has 0 aliphatic heterocycles. The lowest BCUT2D eigenvalue weighted by Crippen LogP contribution is -2.07. The minimum atomic E-state index is -1.20. The van der Waals surface area contributed by atoms with Crippen LogP contribution < -0.4 is 0 Å². The lowest BCUT2D eigenvalue weighted by Gasteiger charge is -2.02. The molecule has 0 aliphatic carbocycles. The molecule has 1 rings (SSSR count). The average Bonchev–Trinajstić information content (AvgIpc) is 2.05. The number of rotatable bonds is 4. The summed E-state index contributed by atoms with van der Waals surface area (Å²) in [6.07, 6.45) is -1.20. The molecule has 0 spiro atoms. The molecule has 0 aromatic heterocycles. The highest BCUT2D eigenvalue weighted by molar-refractivity contribution is 7.98. The zero-order valence-electron chi connectivity index (χ0n) is 6.68. The van der Waals surface area contributed by atoms with Gasteiger partial charge in [0.25, 0.3) is 0 Å². The molecule has 12 heavy (non-hydrogen) atoms. The summed E-state index contributed by atoms with van der Waals surface area (Å²) in [7, 11) is 0. The molecule has 2 N–H and O–H groups in total. The Morgan fingerprint density at radius 3 is 2.42 bits per heavy atom. The summed E-state index contributed by atoms with van der Waals surface area (Å²) in [4.78, 5) is 0. The van der Waals surface area contributed by atoms with Gasteiger partial charge in [0.2, 0.25) is 0 Å². The van der Waals surface area contributed by atoms with Crippen LogP contribution in [0.1, 0.15) is 5.56 Å². The fourth-order valence-electron chi connectivity index (χ4n) is 0.856. The van der Waals surface area contributed by atoms with Gasteiger partial charge in [-0.25, -0.2) is 0 Å². The molecule has 0 amide bonds. The van der Waals surface area contributed by atoms with Gasteiger partial charge in [-0.2, -0.15) is 11.8 Å². The summed E-state index contributed by atoms with van der Waals surface area (Å²) in [5.41, 5.74) is 1.21. The number of aliphatic hydroxyl groups is 2. The Morgan fingerprint density at radius 1 is 1.17 bits per heavy atom. The minimum absolute atomic E-state index is 0.370. The molecule has 0 heterocycles. The molecule has 66 valence electrons. The van der Waals surface area contributed by atoms with Crippen molar-refractivity contribution in [3.63, 3.8) is 0 Å². The fourth-order valence-corrected chi connectivity index (χ4v) is 1.61. The van der Waals surface area contributed by atoms with E-state index in [1.165, 1.54) is 17.3 Å². The van der Waals surface area contributed by atoms with Crippen molar-refractivity contribution in [3.8, 4) is 0 Å². The highest BCUT2D eigenvalue weighted by Gasteiger charge is 1.97. The van der Waals surface area contributed by atoms with Crippen LogP contribution >= 0.6 is 11.8 Å². The van der Waals surface area contributed by atoms with Crippen LogP contribution in [0, 0.1) is 0 Å². The molecular weight excluding hydrogens is 172 g/mol. The van der Waals surface area contributed by atoms with Crippen molar-refractivity contribution in [1.82, 2.24) is 0 Å². The van der Waals surface area contributed by atoms with Crippen LogP contribution in [-0.2, 0) is 5.75 Å². The molecule has 1 aromatic rings. The smallest absolute Gasteiger partial charge is 0.160 e. The van der Waals surface area contributed by atoms with Crippen LogP contribution in [0.3, 0.4) is 0 Å². The Hall–Kier alpha value is -0.510. The molecule has 0 bridgehead atoms. The standard InChI is InChI=1S/C9H12O2S/c10-9(11)7-12-6-8-4-2-1-3-5-8/h1-5,9-11H,6-7H2. The Morgan fingerprint density at radius 2 is 1.83 bits per heavy atom. The van der Waals surface area contributed by atoms with Gasteiger partial charge in [0.05, 0.1) is 0 Å².